The van der Waals surface area contributed by atoms with Crippen molar-refractivity contribution in [1.82, 2.24) is 10.2 Å². The number of carbonyl (C=O) groups excluding carboxylic acids is 1. The van der Waals surface area contributed by atoms with E-state index in [1.165, 1.54) is 0 Å². The second-order valence-corrected chi connectivity index (χ2v) is 5.24. The number of ether oxygens (including phenoxy) is 1. The predicted molar refractivity (Wildman–Crippen MR) is 74.3 cm³/mol. The fourth-order valence-electron chi connectivity index (χ4n) is 1.34. The van der Waals surface area contributed by atoms with Gasteiger partial charge in [-0.05, 0) is 40.0 Å². The number of nitrogens with zero attached hydrogens (tertiary/aromatic N) is 1. The van der Waals surface area contributed by atoms with Crippen molar-refractivity contribution in [2.24, 2.45) is 0 Å². The summed E-state index contributed by atoms with van der Waals surface area (Å²) in [5, 5.41) is 2.91. The minimum atomic E-state index is 0.103. The minimum absolute atomic E-state index is 0.103. The smallest absolute Gasteiger partial charge is 0.234 e. The van der Waals surface area contributed by atoms with Crippen LogP contribution in [0.1, 0.15) is 26.7 Å². The highest BCUT2D eigenvalue weighted by Gasteiger charge is 2.04. The van der Waals surface area contributed by atoms with Gasteiger partial charge in [-0.15, -0.1) is 11.8 Å². The van der Waals surface area contributed by atoms with Gasteiger partial charge in [-0.2, -0.15) is 0 Å². The first-order chi connectivity index (χ1) is 8.06. The van der Waals surface area contributed by atoms with Crippen LogP contribution in [0, 0.1) is 0 Å². The van der Waals surface area contributed by atoms with Gasteiger partial charge >= 0.3 is 0 Å². The molecule has 0 aliphatic heterocycles. The second kappa shape index (κ2) is 10.9. The molecule has 1 N–H and O–H groups in total. The van der Waals surface area contributed by atoms with Gasteiger partial charge in [-0.1, -0.05) is 0 Å². The number of thioether (sulfide) groups is 1. The van der Waals surface area contributed by atoms with Gasteiger partial charge < -0.3 is 10.1 Å². The lowest BCUT2D eigenvalue weighted by Crippen LogP contribution is -2.35. The maximum atomic E-state index is 11.5. The zero-order chi connectivity index (χ0) is 13.1. The maximum absolute atomic E-state index is 11.5. The predicted octanol–water partition coefficient (Wildman–Crippen LogP) is 1.56. The second-order valence-electron chi connectivity index (χ2n) is 4.41. The number of rotatable bonds is 10. The van der Waals surface area contributed by atoms with Gasteiger partial charge in [0.25, 0.3) is 0 Å². The van der Waals surface area contributed by atoms with Gasteiger partial charge in [-0.3, -0.25) is 9.69 Å². The van der Waals surface area contributed by atoms with Crippen LogP contribution in [0.4, 0.5) is 0 Å². The van der Waals surface area contributed by atoms with Gasteiger partial charge in [0, 0.05) is 19.0 Å². The highest BCUT2D eigenvalue weighted by molar-refractivity contribution is 7.98. The molecule has 0 fully saturated rings. The molecule has 0 saturated heterocycles. The molecule has 0 spiro atoms. The van der Waals surface area contributed by atoms with E-state index >= 15 is 0 Å². The van der Waals surface area contributed by atoms with Crippen molar-refractivity contribution in [3.63, 3.8) is 0 Å². The molecule has 0 aromatic heterocycles. The number of unbranched alkanes of at least 4 members (excludes halogenated alkanes) is 1. The molecule has 0 aliphatic carbocycles. The summed E-state index contributed by atoms with van der Waals surface area (Å²) in [6.07, 6.45) is 4.30. The number of hydrogen-bond donors (Lipinski definition) is 1. The monoisotopic (exact) mass is 262 g/mol. The molecule has 102 valence electrons. The zero-order valence-corrected chi connectivity index (χ0v) is 12.3. The summed E-state index contributed by atoms with van der Waals surface area (Å²) in [5.41, 5.74) is 0. The first kappa shape index (κ1) is 16.7. The fraction of sp³-hybridized carbons (Fsp3) is 0.917. The van der Waals surface area contributed by atoms with Crippen LogP contribution in [0.15, 0.2) is 0 Å². The van der Waals surface area contributed by atoms with Gasteiger partial charge in [0.05, 0.1) is 12.6 Å². The lowest BCUT2D eigenvalue weighted by atomic mass is 10.3. The van der Waals surface area contributed by atoms with Crippen molar-refractivity contribution in [2.75, 3.05) is 38.9 Å². The molecular weight excluding hydrogens is 236 g/mol. The standard InChI is InChI=1S/C12H26N2O2S/c1-11(2)16-8-6-5-7-13-12(15)9-14(3)10-17-4/h11H,5-10H2,1-4H3,(H,13,15). The van der Waals surface area contributed by atoms with Crippen LogP contribution < -0.4 is 5.32 Å². The molecule has 0 heterocycles. The van der Waals surface area contributed by atoms with E-state index in [0.29, 0.717) is 12.6 Å². The first-order valence-corrected chi connectivity index (χ1v) is 7.51. The van der Waals surface area contributed by atoms with E-state index in [4.69, 9.17) is 4.74 Å². The van der Waals surface area contributed by atoms with Crippen LogP contribution in [0.5, 0.6) is 0 Å². The van der Waals surface area contributed by atoms with Gasteiger partial charge in [0.15, 0.2) is 0 Å². The molecule has 0 bridgehead atoms. The maximum Gasteiger partial charge on any atom is 0.234 e. The van der Waals surface area contributed by atoms with E-state index in [2.05, 4.69) is 5.32 Å². The lowest BCUT2D eigenvalue weighted by molar-refractivity contribution is -0.121. The van der Waals surface area contributed by atoms with E-state index < -0.39 is 0 Å². The van der Waals surface area contributed by atoms with Crippen molar-refractivity contribution < 1.29 is 9.53 Å². The van der Waals surface area contributed by atoms with Crippen LogP contribution >= 0.6 is 11.8 Å². The van der Waals surface area contributed by atoms with E-state index in [1.54, 1.807) is 11.8 Å². The normalized spacial score (nSPS) is 11.2. The molecule has 17 heavy (non-hydrogen) atoms. The van der Waals surface area contributed by atoms with Crippen LogP contribution in [0.2, 0.25) is 0 Å². The lowest BCUT2D eigenvalue weighted by Gasteiger charge is -2.14. The summed E-state index contributed by atoms with van der Waals surface area (Å²) in [7, 11) is 1.95. The Balaban J connectivity index is 3.33. The number of carbonyl (C=O) groups is 1. The fourth-order valence-corrected chi connectivity index (χ4v) is 1.87. The summed E-state index contributed by atoms with van der Waals surface area (Å²) >= 11 is 1.72. The Morgan fingerprint density at radius 1 is 1.41 bits per heavy atom. The number of amides is 1. The van der Waals surface area contributed by atoms with Gasteiger partial charge in [-0.25, -0.2) is 0 Å². The van der Waals surface area contributed by atoms with Crippen molar-refractivity contribution in [2.45, 2.75) is 32.8 Å². The Morgan fingerprint density at radius 3 is 2.71 bits per heavy atom. The largest absolute Gasteiger partial charge is 0.379 e. The molecule has 0 rings (SSSR count). The molecular formula is C12H26N2O2S. The van der Waals surface area contributed by atoms with E-state index in [0.717, 1.165) is 31.9 Å². The molecule has 0 saturated carbocycles. The van der Waals surface area contributed by atoms with Crippen LogP contribution in [0.25, 0.3) is 0 Å². The van der Waals surface area contributed by atoms with E-state index in [1.807, 2.05) is 32.1 Å². The number of nitrogens with one attached hydrogen (secondary N) is 1. The first-order valence-electron chi connectivity index (χ1n) is 6.12. The Kier molecular flexibility index (Phi) is 10.7. The third kappa shape index (κ3) is 12.0. The average molecular weight is 262 g/mol. The molecule has 0 unspecified atom stereocenters. The Bertz CT molecular complexity index is 201. The number of likely N-dealkylation sites (N-methyl/N-ethyl adjacent to an activating group) is 1. The molecule has 0 aliphatic rings. The quantitative estimate of drug-likeness (QED) is 0.479. The number of hydrogen-bond acceptors (Lipinski definition) is 4. The molecule has 1 amide bonds. The molecule has 0 atom stereocenters. The highest BCUT2D eigenvalue weighted by Crippen LogP contribution is 1.95. The molecule has 0 radical (unpaired) electrons. The van der Waals surface area contributed by atoms with Crippen molar-refractivity contribution >= 4 is 17.7 Å². The summed E-state index contributed by atoms with van der Waals surface area (Å²) in [5.74, 6) is 0.988. The third-order valence-corrected chi connectivity index (χ3v) is 2.81. The SMILES string of the molecule is CSCN(C)CC(=O)NCCCCOC(C)C. The van der Waals surface area contributed by atoms with E-state index in [9.17, 15) is 4.79 Å². The summed E-state index contributed by atoms with van der Waals surface area (Å²) < 4.78 is 5.42. The van der Waals surface area contributed by atoms with Gasteiger partial charge in [0.1, 0.15) is 0 Å². The Morgan fingerprint density at radius 2 is 2.12 bits per heavy atom. The highest BCUT2D eigenvalue weighted by atomic mass is 32.2. The van der Waals surface area contributed by atoms with Crippen molar-refractivity contribution in [1.29, 1.82) is 0 Å². The van der Waals surface area contributed by atoms with Crippen LogP contribution in [-0.4, -0.2) is 55.8 Å². The molecule has 4 nitrogen and oxygen atoms in total. The van der Waals surface area contributed by atoms with Crippen molar-refractivity contribution in [3.8, 4) is 0 Å². The molecule has 0 aromatic carbocycles. The van der Waals surface area contributed by atoms with Gasteiger partial charge in [0.2, 0.25) is 5.91 Å². The topological polar surface area (TPSA) is 41.6 Å². The van der Waals surface area contributed by atoms with Crippen LogP contribution in [-0.2, 0) is 9.53 Å². The molecule has 5 heteroatoms. The zero-order valence-electron chi connectivity index (χ0n) is 11.5. The van der Waals surface area contributed by atoms with Crippen LogP contribution in [0.3, 0.4) is 0 Å². The summed E-state index contributed by atoms with van der Waals surface area (Å²) in [4.78, 5) is 13.5. The Labute approximate surface area is 109 Å². The van der Waals surface area contributed by atoms with Crippen molar-refractivity contribution in [3.05, 3.63) is 0 Å². The molecule has 0 aromatic rings. The third-order valence-electron chi connectivity index (χ3n) is 2.11. The average Bonchev–Trinajstić information content (AvgIpc) is 2.23. The summed E-state index contributed by atoms with van der Waals surface area (Å²) in [6, 6.07) is 0. The summed E-state index contributed by atoms with van der Waals surface area (Å²) in [6.45, 7) is 6.06. The Hall–Kier alpha value is -0.260. The minimum Gasteiger partial charge on any atom is -0.379 e. The van der Waals surface area contributed by atoms with E-state index in [-0.39, 0.29) is 5.91 Å².